The summed E-state index contributed by atoms with van der Waals surface area (Å²) in [5.74, 6) is 0.0599. The van der Waals surface area contributed by atoms with Gasteiger partial charge in [-0.1, -0.05) is 6.07 Å². The van der Waals surface area contributed by atoms with E-state index in [1.807, 2.05) is 0 Å². The molecular formula is C20H26F3N3O3S. The largest absolute Gasteiger partial charge is 0.416 e. The van der Waals surface area contributed by atoms with E-state index in [1.165, 1.54) is 10.4 Å². The molecule has 1 N–H and O–H groups in total. The number of rotatable bonds is 5. The van der Waals surface area contributed by atoms with Crippen molar-refractivity contribution in [2.75, 3.05) is 19.6 Å². The number of halogens is 3. The van der Waals surface area contributed by atoms with Crippen LogP contribution in [0, 0.1) is 0 Å². The van der Waals surface area contributed by atoms with Crippen LogP contribution in [0.1, 0.15) is 44.1 Å². The first kappa shape index (κ1) is 21.6. The van der Waals surface area contributed by atoms with Gasteiger partial charge in [0.2, 0.25) is 15.9 Å². The fourth-order valence-corrected chi connectivity index (χ4v) is 6.41. The number of nitrogens with one attached hydrogen (secondary N) is 1. The molecule has 2 heterocycles. The van der Waals surface area contributed by atoms with E-state index in [1.54, 1.807) is 4.90 Å². The number of amides is 1. The van der Waals surface area contributed by atoms with E-state index < -0.39 is 21.8 Å². The number of benzene rings is 1. The molecule has 30 heavy (non-hydrogen) atoms. The summed E-state index contributed by atoms with van der Waals surface area (Å²) in [5.41, 5.74) is -0.969. The van der Waals surface area contributed by atoms with Gasteiger partial charge in [0.1, 0.15) is 0 Å². The summed E-state index contributed by atoms with van der Waals surface area (Å²) in [6, 6.07) is 3.32. The fraction of sp³-hybridized carbons (Fsp3) is 0.650. The molecule has 2 aliphatic heterocycles. The van der Waals surface area contributed by atoms with E-state index in [0.717, 1.165) is 37.6 Å². The number of alkyl halides is 3. The van der Waals surface area contributed by atoms with Gasteiger partial charge in [-0.25, -0.2) is 8.42 Å². The Labute approximate surface area is 174 Å². The Morgan fingerprint density at radius 2 is 1.73 bits per heavy atom. The summed E-state index contributed by atoms with van der Waals surface area (Å²) in [5, 5.41) is 3.19. The quantitative estimate of drug-likeness (QED) is 0.757. The summed E-state index contributed by atoms with van der Waals surface area (Å²) in [6.45, 7) is 1.75. The van der Waals surface area contributed by atoms with E-state index in [9.17, 15) is 26.4 Å². The van der Waals surface area contributed by atoms with Crippen molar-refractivity contribution in [3.05, 3.63) is 29.8 Å². The van der Waals surface area contributed by atoms with Crippen molar-refractivity contribution in [1.82, 2.24) is 14.5 Å². The zero-order chi connectivity index (χ0) is 21.5. The third-order valence-electron chi connectivity index (χ3n) is 6.14. The highest BCUT2D eigenvalue weighted by Crippen LogP contribution is 2.38. The Kier molecular flexibility index (Phi) is 5.84. The SMILES string of the molecule is O=C(C1CCCN1)N1CCC(N(C2CC2)S(=O)(=O)c2cccc(C(F)(F)F)c2)CC1. The van der Waals surface area contributed by atoms with Crippen molar-refractivity contribution in [3.8, 4) is 0 Å². The van der Waals surface area contributed by atoms with Crippen LogP contribution in [0.5, 0.6) is 0 Å². The first-order valence-corrected chi connectivity index (χ1v) is 11.8. The molecule has 3 fully saturated rings. The molecule has 166 valence electrons. The van der Waals surface area contributed by atoms with Gasteiger partial charge >= 0.3 is 6.18 Å². The van der Waals surface area contributed by atoms with E-state index in [2.05, 4.69) is 5.32 Å². The molecular weight excluding hydrogens is 419 g/mol. The van der Waals surface area contributed by atoms with Crippen LogP contribution in [0.4, 0.5) is 13.2 Å². The molecule has 1 aromatic carbocycles. The van der Waals surface area contributed by atoms with E-state index in [-0.39, 0.29) is 28.9 Å². The standard InChI is InChI=1S/C20H26F3N3O3S/c21-20(22,23)14-3-1-4-17(13-14)30(28,29)26(15-6-7-15)16-8-11-25(12-9-16)19(27)18-5-2-10-24-18/h1,3-4,13,15-16,18,24H,2,5-12H2. The van der Waals surface area contributed by atoms with Crippen molar-refractivity contribution >= 4 is 15.9 Å². The van der Waals surface area contributed by atoms with Gasteiger partial charge < -0.3 is 10.2 Å². The zero-order valence-electron chi connectivity index (χ0n) is 16.6. The molecule has 0 spiro atoms. The minimum Gasteiger partial charge on any atom is -0.341 e. The van der Waals surface area contributed by atoms with Gasteiger partial charge in [-0.3, -0.25) is 4.79 Å². The van der Waals surface area contributed by atoms with Gasteiger partial charge in [-0.05, 0) is 63.3 Å². The average Bonchev–Trinajstić information content (AvgIpc) is 3.38. The first-order chi connectivity index (χ1) is 14.2. The maximum atomic E-state index is 13.3. The van der Waals surface area contributed by atoms with Crippen molar-refractivity contribution in [2.24, 2.45) is 0 Å². The lowest BCUT2D eigenvalue weighted by atomic mass is 10.0. The predicted molar refractivity (Wildman–Crippen MR) is 104 cm³/mol. The monoisotopic (exact) mass is 445 g/mol. The second-order valence-electron chi connectivity index (χ2n) is 8.30. The number of hydrogen-bond acceptors (Lipinski definition) is 4. The third-order valence-corrected chi connectivity index (χ3v) is 8.14. The molecule has 1 aromatic rings. The van der Waals surface area contributed by atoms with Gasteiger partial charge in [-0.2, -0.15) is 17.5 Å². The second kappa shape index (κ2) is 8.12. The van der Waals surface area contributed by atoms with E-state index in [0.29, 0.717) is 38.8 Å². The van der Waals surface area contributed by atoms with Crippen LogP contribution >= 0.6 is 0 Å². The normalized spacial score (nSPS) is 23.9. The summed E-state index contributed by atoms with van der Waals surface area (Å²) in [7, 11) is -4.06. The van der Waals surface area contributed by atoms with Crippen LogP contribution in [0.25, 0.3) is 0 Å². The van der Waals surface area contributed by atoms with Gasteiger partial charge in [0.15, 0.2) is 0 Å². The Hall–Kier alpha value is -1.65. The third kappa shape index (κ3) is 4.36. The van der Waals surface area contributed by atoms with Crippen LogP contribution in [0.2, 0.25) is 0 Å². The fourth-order valence-electron chi connectivity index (χ4n) is 4.43. The molecule has 6 nitrogen and oxygen atoms in total. The van der Waals surface area contributed by atoms with Crippen molar-refractivity contribution < 1.29 is 26.4 Å². The molecule has 3 aliphatic rings. The van der Waals surface area contributed by atoms with Gasteiger partial charge in [-0.15, -0.1) is 0 Å². The van der Waals surface area contributed by atoms with Gasteiger partial charge in [0.05, 0.1) is 16.5 Å². The molecule has 4 rings (SSSR count). The lowest BCUT2D eigenvalue weighted by Gasteiger charge is -2.38. The number of carbonyl (C=O) groups excluding carboxylic acids is 1. The first-order valence-electron chi connectivity index (χ1n) is 10.4. The molecule has 0 aromatic heterocycles. The van der Waals surface area contributed by atoms with Crippen LogP contribution in [0.15, 0.2) is 29.2 Å². The van der Waals surface area contributed by atoms with Crippen molar-refractivity contribution in [2.45, 2.75) is 67.7 Å². The molecule has 0 bridgehead atoms. The molecule has 10 heteroatoms. The van der Waals surface area contributed by atoms with Crippen LogP contribution in [-0.4, -0.2) is 61.3 Å². The summed E-state index contributed by atoms with van der Waals surface area (Å²) >= 11 is 0. The summed E-state index contributed by atoms with van der Waals surface area (Å²) < 4.78 is 67.2. The minimum absolute atomic E-state index is 0.0599. The van der Waals surface area contributed by atoms with E-state index >= 15 is 0 Å². The maximum absolute atomic E-state index is 13.3. The molecule has 1 atom stereocenters. The predicted octanol–water partition coefficient (Wildman–Crippen LogP) is 2.60. The minimum atomic E-state index is -4.60. The molecule has 0 radical (unpaired) electrons. The number of carbonyl (C=O) groups is 1. The Balaban J connectivity index is 1.50. The van der Waals surface area contributed by atoms with Crippen molar-refractivity contribution in [3.63, 3.8) is 0 Å². The smallest absolute Gasteiger partial charge is 0.341 e. The van der Waals surface area contributed by atoms with Crippen LogP contribution in [0.3, 0.4) is 0 Å². The molecule has 1 amide bonds. The lowest BCUT2D eigenvalue weighted by Crippen LogP contribution is -2.52. The lowest BCUT2D eigenvalue weighted by molar-refractivity contribution is -0.137. The topological polar surface area (TPSA) is 69.7 Å². The van der Waals surface area contributed by atoms with Gasteiger partial charge in [0.25, 0.3) is 0 Å². The number of likely N-dealkylation sites (tertiary alicyclic amines) is 1. The Morgan fingerprint density at radius 3 is 2.30 bits per heavy atom. The number of hydrogen-bond donors (Lipinski definition) is 1. The van der Waals surface area contributed by atoms with Gasteiger partial charge in [0, 0.05) is 25.2 Å². The highest BCUT2D eigenvalue weighted by Gasteiger charge is 2.44. The number of nitrogens with zero attached hydrogens (tertiary/aromatic N) is 2. The summed E-state index contributed by atoms with van der Waals surface area (Å²) in [6.07, 6.45) is -0.405. The Morgan fingerprint density at radius 1 is 1.07 bits per heavy atom. The molecule has 1 saturated carbocycles. The zero-order valence-corrected chi connectivity index (χ0v) is 17.4. The highest BCUT2D eigenvalue weighted by molar-refractivity contribution is 7.89. The van der Waals surface area contributed by atoms with Crippen molar-refractivity contribution in [1.29, 1.82) is 0 Å². The van der Waals surface area contributed by atoms with Crippen LogP contribution in [-0.2, 0) is 21.0 Å². The maximum Gasteiger partial charge on any atom is 0.416 e. The molecule has 1 aliphatic carbocycles. The second-order valence-corrected chi connectivity index (χ2v) is 10.1. The number of piperidine rings is 1. The number of sulfonamides is 1. The average molecular weight is 446 g/mol. The van der Waals surface area contributed by atoms with E-state index in [4.69, 9.17) is 0 Å². The highest BCUT2D eigenvalue weighted by atomic mass is 32.2. The summed E-state index contributed by atoms with van der Waals surface area (Å²) in [4.78, 5) is 14.1. The molecule has 1 unspecified atom stereocenters. The van der Waals surface area contributed by atoms with Crippen LogP contribution < -0.4 is 5.32 Å². The Bertz CT molecular complexity index is 888. The molecule has 2 saturated heterocycles.